The van der Waals surface area contributed by atoms with Gasteiger partial charge in [-0.3, -0.25) is 0 Å². The summed E-state index contributed by atoms with van der Waals surface area (Å²) in [5.41, 5.74) is 0.954. The first-order valence-electron chi connectivity index (χ1n) is 6.54. The maximum atomic E-state index is 8.69. The number of ether oxygens (including phenoxy) is 2. The number of methoxy groups -OCH3 is 1. The lowest BCUT2D eigenvalue weighted by molar-refractivity contribution is -0.0177. The molecule has 0 heterocycles. The van der Waals surface area contributed by atoms with Crippen molar-refractivity contribution in [3.63, 3.8) is 0 Å². The van der Waals surface area contributed by atoms with E-state index in [4.69, 9.17) is 19.7 Å². The Balaban J connectivity index is 0.000000468. The molecular weight excluding hydrogens is 632 g/mol. The van der Waals surface area contributed by atoms with E-state index in [1.54, 1.807) is 21.0 Å². The lowest BCUT2D eigenvalue weighted by Gasteiger charge is -2.21. The standard InChI is InChI=1S/C8H5Br5O.C6H14O3/c1-14-8(12,13)4-2-3-5(9)7(11)6(4)10;1-5(8)4-9-6(2)3-7/h2-3H,1H3;5-8H,3-4H2,1-2H3. The molecule has 134 valence electrons. The largest absolute Gasteiger partial charge is 0.394 e. The third-order valence-electron chi connectivity index (χ3n) is 2.48. The van der Waals surface area contributed by atoms with Gasteiger partial charge in [0.25, 0.3) is 0 Å². The second kappa shape index (κ2) is 12.0. The smallest absolute Gasteiger partial charge is 0.204 e. The Morgan fingerprint density at radius 3 is 2.13 bits per heavy atom. The first-order valence-corrected chi connectivity index (χ1v) is 10.5. The van der Waals surface area contributed by atoms with Crippen molar-refractivity contribution in [2.24, 2.45) is 0 Å². The van der Waals surface area contributed by atoms with Crippen molar-refractivity contribution in [1.29, 1.82) is 0 Å². The molecular formula is C14H19Br5O4. The summed E-state index contributed by atoms with van der Waals surface area (Å²) in [6.07, 6.45) is -0.612. The highest BCUT2D eigenvalue weighted by molar-refractivity contribution is 9.24. The normalized spacial score (nSPS) is 14.0. The lowest BCUT2D eigenvalue weighted by Crippen LogP contribution is -2.19. The van der Waals surface area contributed by atoms with E-state index in [-0.39, 0.29) is 12.7 Å². The molecule has 0 saturated carbocycles. The van der Waals surface area contributed by atoms with Crippen LogP contribution in [0.4, 0.5) is 0 Å². The summed E-state index contributed by atoms with van der Waals surface area (Å²) < 4.78 is 12.4. The molecule has 0 spiro atoms. The Bertz CT molecular complexity index is 482. The van der Waals surface area contributed by atoms with Gasteiger partial charge in [-0.05, 0) is 99.6 Å². The van der Waals surface area contributed by atoms with E-state index in [0.29, 0.717) is 6.61 Å². The number of hydrogen-bond acceptors (Lipinski definition) is 4. The van der Waals surface area contributed by atoms with E-state index in [9.17, 15) is 0 Å². The van der Waals surface area contributed by atoms with E-state index in [1.807, 2.05) is 12.1 Å². The predicted octanol–water partition coefficient (Wildman–Crippen LogP) is 5.29. The van der Waals surface area contributed by atoms with Gasteiger partial charge in [0.15, 0.2) is 0 Å². The topological polar surface area (TPSA) is 58.9 Å². The molecule has 9 heteroatoms. The van der Waals surface area contributed by atoms with Crippen molar-refractivity contribution in [2.75, 3.05) is 20.3 Å². The fourth-order valence-corrected chi connectivity index (χ4v) is 3.98. The summed E-state index contributed by atoms with van der Waals surface area (Å²) in [4.78, 5) is 0. The van der Waals surface area contributed by atoms with E-state index < -0.39 is 9.52 Å². The quantitative estimate of drug-likeness (QED) is 0.325. The van der Waals surface area contributed by atoms with Crippen LogP contribution < -0.4 is 0 Å². The number of aliphatic hydroxyl groups excluding tert-OH is 2. The fourth-order valence-electron chi connectivity index (χ4n) is 1.22. The molecule has 1 aromatic rings. The SMILES string of the molecule is CC(O)COC(C)CO.COC(Br)(Br)c1ccc(Br)c(Br)c1Br. The van der Waals surface area contributed by atoms with Crippen LogP contribution in [0.3, 0.4) is 0 Å². The summed E-state index contributed by atoms with van der Waals surface area (Å²) in [5.74, 6) is 0. The van der Waals surface area contributed by atoms with Gasteiger partial charge in [0, 0.05) is 26.1 Å². The molecule has 0 saturated heterocycles. The summed E-state index contributed by atoms with van der Waals surface area (Å²) in [6, 6.07) is 3.90. The van der Waals surface area contributed by atoms with E-state index in [0.717, 1.165) is 19.0 Å². The second-order valence-corrected chi connectivity index (χ2v) is 10.4. The van der Waals surface area contributed by atoms with Crippen LogP contribution in [0.15, 0.2) is 25.6 Å². The molecule has 1 rings (SSSR count). The lowest BCUT2D eigenvalue weighted by atomic mass is 10.2. The van der Waals surface area contributed by atoms with Crippen LogP contribution in [0.1, 0.15) is 19.4 Å². The highest BCUT2D eigenvalue weighted by atomic mass is 79.9. The molecule has 1 aromatic carbocycles. The van der Waals surface area contributed by atoms with Crippen LogP contribution in [0.5, 0.6) is 0 Å². The van der Waals surface area contributed by atoms with Gasteiger partial charge >= 0.3 is 0 Å². The molecule has 0 bridgehead atoms. The number of benzene rings is 1. The van der Waals surface area contributed by atoms with Gasteiger partial charge in [-0.2, -0.15) is 0 Å². The zero-order chi connectivity index (χ0) is 18.2. The van der Waals surface area contributed by atoms with Crippen molar-refractivity contribution < 1.29 is 19.7 Å². The third-order valence-corrected chi connectivity index (χ3v) is 7.36. The van der Waals surface area contributed by atoms with E-state index in [2.05, 4.69) is 79.6 Å². The summed E-state index contributed by atoms with van der Waals surface area (Å²) >= 11 is 17.2. The zero-order valence-electron chi connectivity index (χ0n) is 12.8. The minimum atomic E-state index is -0.665. The molecule has 23 heavy (non-hydrogen) atoms. The van der Waals surface area contributed by atoms with E-state index in [1.165, 1.54) is 0 Å². The van der Waals surface area contributed by atoms with Gasteiger partial charge in [-0.1, -0.05) is 6.07 Å². The molecule has 2 unspecified atom stereocenters. The highest BCUT2D eigenvalue weighted by Crippen LogP contribution is 2.45. The summed E-state index contributed by atoms with van der Waals surface area (Å²) in [6.45, 7) is 3.70. The molecule has 0 amide bonds. The molecule has 0 radical (unpaired) electrons. The minimum absolute atomic E-state index is 0.00667. The van der Waals surface area contributed by atoms with E-state index >= 15 is 0 Å². The number of aliphatic hydroxyl groups is 2. The first kappa shape index (κ1) is 24.5. The molecule has 4 nitrogen and oxygen atoms in total. The fraction of sp³-hybridized carbons (Fsp3) is 0.571. The van der Waals surface area contributed by atoms with Gasteiger partial charge in [0.05, 0.1) is 25.4 Å². The van der Waals surface area contributed by atoms with Crippen LogP contribution in [-0.4, -0.2) is 42.7 Å². The number of rotatable bonds is 6. The van der Waals surface area contributed by atoms with Gasteiger partial charge in [-0.25, -0.2) is 0 Å². The first-order chi connectivity index (χ1) is 10.6. The minimum Gasteiger partial charge on any atom is -0.394 e. The van der Waals surface area contributed by atoms with Crippen molar-refractivity contribution in [1.82, 2.24) is 0 Å². The van der Waals surface area contributed by atoms with Crippen molar-refractivity contribution in [3.05, 3.63) is 31.1 Å². The van der Waals surface area contributed by atoms with Gasteiger partial charge in [0.2, 0.25) is 3.42 Å². The number of hydrogen-bond donors (Lipinski definition) is 2. The summed E-state index contributed by atoms with van der Waals surface area (Å²) in [7, 11) is 1.62. The van der Waals surface area contributed by atoms with Gasteiger partial charge < -0.3 is 19.7 Å². The Kier molecular flexibility index (Phi) is 12.7. The predicted molar refractivity (Wildman–Crippen MR) is 110 cm³/mol. The second-order valence-electron chi connectivity index (χ2n) is 4.62. The van der Waals surface area contributed by atoms with Crippen molar-refractivity contribution >= 4 is 79.6 Å². The van der Waals surface area contributed by atoms with Crippen LogP contribution in [-0.2, 0) is 12.9 Å². The third kappa shape index (κ3) is 9.10. The van der Waals surface area contributed by atoms with Crippen LogP contribution in [0.2, 0.25) is 0 Å². The van der Waals surface area contributed by atoms with Gasteiger partial charge in [0.1, 0.15) is 0 Å². The average Bonchev–Trinajstić information content (AvgIpc) is 2.50. The molecule has 2 N–H and O–H groups in total. The highest BCUT2D eigenvalue weighted by Gasteiger charge is 2.28. The Morgan fingerprint density at radius 1 is 1.13 bits per heavy atom. The molecule has 0 aromatic heterocycles. The summed E-state index contributed by atoms with van der Waals surface area (Å²) in [5, 5.41) is 17.1. The van der Waals surface area contributed by atoms with Crippen LogP contribution in [0.25, 0.3) is 0 Å². The number of alkyl halides is 2. The average molecular weight is 651 g/mol. The zero-order valence-corrected chi connectivity index (χ0v) is 20.8. The monoisotopic (exact) mass is 646 g/mol. The maximum Gasteiger partial charge on any atom is 0.204 e. The molecule has 0 aliphatic carbocycles. The Morgan fingerprint density at radius 2 is 1.70 bits per heavy atom. The molecule has 0 fully saturated rings. The Hall–Kier alpha value is 1.46. The maximum absolute atomic E-state index is 8.69. The number of halogens is 5. The van der Waals surface area contributed by atoms with Gasteiger partial charge in [-0.15, -0.1) is 0 Å². The Labute approximate surface area is 179 Å². The van der Waals surface area contributed by atoms with Crippen molar-refractivity contribution in [2.45, 2.75) is 29.5 Å². The molecule has 2 atom stereocenters. The molecule has 0 aliphatic heterocycles. The van der Waals surface area contributed by atoms with Crippen molar-refractivity contribution in [3.8, 4) is 0 Å². The molecule has 0 aliphatic rings. The van der Waals surface area contributed by atoms with Crippen LogP contribution >= 0.6 is 79.6 Å². The van der Waals surface area contributed by atoms with Crippen LogP contribution in [0, 0.1) is 0 Å².